The van der Waals surface area contributed by atoms with Crippen molar-refractivity contribution in [2.75, 3.05) is 5.32 Å². The maximum Gasteiger partial charge on any atom is 0.247 e. The lowest BCUT2D eigenvalue weighted by Gasteiger charge is -2.16. The van der Waals surface area contributed by atoms with Crippen LogP contribution >= 0.6 is 11.6 Å². The molecular formula is C17H16ClN3O. The average Bonchev–Trinajstić information content (AvgIpc) is 2.94. The van der Waals surface area contributed by atoms with Crippen LogP contribution in [0.15, 0.2) is 48.8 Å². The molecule has 3 rings (SSSR count). The van der Waals surface area contributed by atoms with Crippen molar-refractivity contribution in [2.24, 2.45) is 0 Å². The van der Waals surface area contributed by atoms with Gasteiger partial charge in [0.15, 0.2) is 0 Å². The molecule has 0 aliphatic carbocycles. The number of rotatable bonds is 3. The lowest BCUT2D eigenvalue weighted by atomic mass is 10.2. The Morgan fingerprint density at radius 3 is 2.86 bits per heavy atom. The minimum atomic E-state index is -0.370. The number of nitrogens with zero attached hydrogens (tertiary/aromatic N) is 2. The van der Waals surface area contributed by atoms with E-state index in [4.69, 9.17) is 11.6 Å². The number of carbonyl (C=O) groups excluding carboxylic acids is 1. The number of imidazole rings is 1. The van der Waals surface area contributed by atoms with Crippen LogP contribution in [0.4, 0.5) is 5.69 Å². The van der Waals surface area contributed by atoms with Gasteiger partial charge in [0, 0.05) is 10.7 Å². The fourth-order valence-electron chi connectivity index (χ4n) is 2.38. The summed E-state index contributed by atoms with van der Waals surface area (Å²) in [6.45, 7) is 3.78. The average molecular weight is 314 g/mol. The van der Waals surface area contributed by atoms with Crippen molar-refractivity contribution < 1.29 is 4.79 Å². The molecule has 1 aromatic heterocycles. The molecule has 0 fully saturated rings. The largest absolute Gasteiger partial charge is 0.324 e. The van der Waals surface area contributed by atoms with Crippen molar-refractivity contribution in [3.8, 4) is 0 Å². The Bertz CT molecular complexity index is 841. The molecule has 0 spiro atoms. The summed E-state index contributed by atoms with van der Waals surface area (Å²) in [4.78, 5) is 16.8. The van der Waals surface area contributed by atoms with E-state index in [0.717, 1.165) is 22.3 Å². The second-order valence-corrected chi connectivity index (χ2v) is 5.70. The summed E-state index contributed by atoms with van der Waals surface area (Å²) in [5, 5.41) is 3.53. The number of anilines is 1. The van der Waals surface area contributed by atoms with E-state index in [-0.39, 0.29) is 11.9 Å². The number of fused-ring (bicyclic) bond motifs is 1. The molecule has 4 nitrogen and oxygen atoms in total. The van der Waals surface area contributed by atoms with Crippen LogP contribution in [0.2, 0.25) is 5.02 Å². The number of aryl methyl sites for hydroxylation is 1. The number of hydrogen-bond donors (Lipinski definition) is 1. The monoisotopic (exact) mass is 313 g/mol. The molecule has 1 unspecified atom stereocenters. The van der Waals surface area contributed by atoms with Crippen LogP contribution in [0.1, 0.15) is 18.5 Å². The number of carbonyl (C=O) groups is 1. The van der Waals surface area contributed by atoms with Crippen LogP contribution in [0.5, 0.6) is 0 Å². The van der Waals surface area contributed by atoms with Crippen molar-refractivity contribution in [1.82, 2.24) is 9.55 Å². The number of para-hydroxylation sites is 2. The molecule has 0 saturated heterocycles. The van der Waals surface area contributed by atoms with E-state index in [1.165, 1.54) is 0 Å². The van der Waals surface area contributed by atoms with Gasteiger partial charge in [-0.2, -0.15) is 0 Å². The fraction of sp³-hybridized carbons (Fsp3) is 0.176. The Kier molecular flexibility index (Phi) is 3.86. The molecule has 1 N–H and O–H groups in total. The summed E-state index contributed by atoms with van der Waals surface area (Å²) < 4.78 is 1.87. The minimum absolute atomic E-state index is 0.103. The maximum atomic E-state index is 12.5. The Morgan fingerprint density at radius 2 is 2.05 bits per heavy atom. The molecule has 0 radical (unpaired) electrons. The molecule has 1 amide bonds. The van der Waals surface area contributed by atoms with E-state index in [1.54, 1.807) is 18.5 Å². The van der Waals surface area contributed by atoms with Crippen LogP contribution < -0.4 is 5.32 Å². The zero-order valence-electron chi connectivity index (χ0n) is 12.4. The third-order valence-corrected chi connectivity index (χ3v) is 3.97. The van der Waals surface area contributed by atoms with Crippen molar-refractivity contribution >= 4 is 34.2 Å². The number of nitrogens with one attached hydrogen (secondary N) is 1. The van der Waals surface area contributed by atoms with Gasteiger partial charge >= 0.3 is 0 Å². The van der Waals surface area contributed by atoms with Gasteiger partial charge in [0.1, 0.15) is 6.04 Å². The number of halogens is 1. The highest BCUT2D eigenvalue weighted by molar-refractivity contribution is 6.31. The summed E-state index contributed by atoms with van der Waals surface area (Å²) in [5.41, 5.74) is 3.52. The molecule has 112 valence electrons. The first kappa shape index (κ1) is 14.6. The zero-order valence-corrected chi connectivity index (χ0v) is 13.1. The summed E-state index contributed by atoms with van der Waals surface area (Å²) in [7, 11) is 0. The third kappa shape index (κ3) is 2.70. The molecule has 22 heavy (non-hydrogen) atoms. The molecule has 3 aromatic rings. The predicted octanol–water partition coefficient (Wildman–Crippen LogP) is 4.20. The van der Waals surface area contributed by atoms with E-state index < -0.39 is 0 Å². The molecule has 2 aromatic carbocycles. The van der Waals surface area contributed by atoms with Gasteiger partial charge in [-0.05, 0) is 43.7 Å². The highest BCUT2D eigenvalue weighted by Crippen LogP contribution is 2.23. The van der Waals surface area contributed by atoms with E-state index in [2.05, 4.69) is 10.3 Å². The summed E-state index contributed by atoms with van der Waals surface area (Å²) in [6.07, 6.45) is 1.69. The van der Waals surface area contributed by atoms with Gasteiger partial charge in [0.25, 0.3) is 0 Å². The van der Waals surface area contributed by atoms with E-state index in [1.807, 2.05) is 48.7 Å². The molecule has 0 saturated carbocycles. The quantitative estimate of drug-likeness (QED) is 0.787. The Labute approximate surface area is 133 Å². The first-order valence-corrected chi connectivity index (χ1v) is 7.42. The standard InChI is InChI=1S/C17H16ClN3O/c1-11-7-8-13(18)9-15(11)20-17(22)12(2)21-10-19-14-5-3-4-6-16(14)21/h3-10,12H,1-2H3,(H,20,22). The smallest absolute Gasteiger partial charge is 0.247 e. The first-order valence-electron chi connectivity index (χ1n) is 7.05. The molecule has 5 heteroatoms. The number of hydrogen-bond acceptors (Lipinski definition) is 2. The van der Waals surface area contributed by atoms with E-state index >= 15 is 0 Å². The highest BCUT2D eigenvalue weighted by atomic mass is 35.5. The fourth-order valence-corrected chi connectivity index (χ4v) is 2.55. The topological polar surface area (TPSA) is 46.9 Å². The SMILES string of the molecule is Cc1ccc(Cl)cc1NC(=O)C(C)n1cnc2ccccc21. The van der Waals surface area contributed by atoms with Crippen molar-refractivity contribution in [3.63, 3.8) is 0 Å². The Morgan fingerprint density at radius 1 is 1.27 bits per heavy atom. The first-order chi connectivity index (χ1) is 10.6. The normalized spacial score (nSPS) is 12.3. The van der Waals surface area contributed by atoms with Crippen molar-refractivity contribution in [1.29, 1.82) is 0 Å². The van der Waals surface area contributed by atoms with Gasteiger partial charge in [0.05, 0.1) is 17.4 Å². The van der Waals surface area contributed by atoms with Crippen molar-refractivity contribution in [2.45, 2.75) is 19.9 Å². The molecule has 1 atom stereocenters. The molecule has 0 bridgehead atoms. The second-order valence-electron chi connectivity index (χ2n) is 5.27. The summed E-state index contributed by atoms with van der Waals surface area (Å²) >= 11 is 5.99. The van der Waals surface area contributed by atoms with Crippen LogP contribution in [0.25, 0.3) is 11.0 Å². The number of aromatic nitrogens is 2. The molecule has 0 aliphatic rings. The van der Waals surface area contributed by atoms with Crippen LogP contribution in [-0.4, -0.2) is 15.5 Å². The second kappa shape index (κ2) is 5.81. The summed E-state index contributed by atoms with van der Waals surface area (Å²) in [6, 6.07) is 12.8. The Hall–Kier alpha value is -2.33. The van der Waals surface area contributed by atoms with Crippen molar-refractivity contribution in [3.05, 3.63) is 59.4 Å². The van der Waals surface area contributed by atoms with Gasteiger partial charge < -0.3 is 9.88 Å². The van der Waals surface area contributed by atoms with Gasteiger partial charge in [-0.25, -0.2) is 4.98 Å². The lowest BCUT2D eigenvalue weighted by molar-refractivity contribution is -0.118. The Balaban J connectivity index is 1.87. The minimum Gasteiger partial charge on any atom is -0.324 e. The van der Waals surface area contributed by atoms with Gasteiger partial charge in [-0.1, -0.05) is 29.8 Å². The maximum absolute atomic E-state index is 12.5. The molecular weight excluding hydrogens is 298 g/mol. The van der Waals surface area contributed by atoms with Crippen LogP contribution in [-0.2, 0) is 4.79 Å². The van der Waals surface area contributed by atoms with Gasteiger partial charge in [-0.15, -0.1) is 0 Å². The number of amides is 1. The summed E-state index contributed by atoms with van der Waals surface area (Å²) in [5.74, 6) is -0.103. The van der Waals surface area contributed by atoms with Gasteiger partial charge in [0.2, 0.25) is 5.91 Å². The van der Waals surface area contributed by atoms with Gasteiger partial charge in [-0.3, -0.25) is 4.79 Å². The molecule has 0 aliphatic heterocycles. The van der Waals surface area contributed by atoms with Crippen LogP contribution in [0.3, 0.4) is 0 Å². The molecule has 1 heterocycles. The highest BCUT2D eigenvalue weighted by Gasteiger charge is 2.17. The third-order valence-electron chi connectivity index (χ3n) is 3.74. The van der Waals surface area contributed by atoms with Crippen LogP contribution in [0, 0.1) is 6.92 Å². The predicted molar refractivity (Wildman–Crippen MR) is 89.3 cm³/mol. The zero-order chi connectivity index (χ0) is 15.7. The lowest BCUT2D eigenvalue weighted by Crippen LogP contribution is -2.23. The van der Waals surface area contributed by atoms with E-state index in [9.17, 15) is 4.79 Å². The van der Waals surface area contributed by atoms with E-state index in [0.29, 0.717) is 5.02 Å². The number of benzene rings is 2.